The van der Waals surface area contributed by atoms with Gasteiger partial charge in [-0.25, -0.2) is 4.98 Å². The van der Waals surface area contributed by atoms with Gasteiger partial charge in [0.05, 0.1) is 23.0 Å². The molecule has 1 aliphatic rings. The SMILES string of the molecule is CCC1C(C)=CCc2ccc3sc(Nc4ccccc4OC)nc3c21. The Balaban J connectivity index is 1.78. The van der Waals surface area contributed by atoms with Crippen LogP contribution in [0.2, 0.25) is 0 Å². The molecular weight excluding hydrogens is 328 g/mol. The number of allylic oxidation sites excluding steroid dienone is 2. The van der Waals surface area contributed by atoms with Crippen LogP contribution in [0.5, 0.6) is 5.75 Å². The highest BCUT2D eigenvalue weighted by Gasteiger charge is 2.23. The zero-order valence-corrected chi connectivity index (χ0v) is 15.6. The quantitative estimate of drug-likeness (QED) is 0.582. The number of nitrogens with one attached hydrogen (secondary N) is 1. The molecule has 0 saturated carbocycles. The van der Waals surface area contributed by atoms with E-state index < -0.39 is 0 Å². The second-order valence-electron chi connectivity index (χ2n) is 6.44. The molecule has 1 heterocycles. The van der Waals surface area contributed by atoms with Crippen molar-refractivity contribution in [3.63, 3.8) is 0 Å². The molecule has 25 heavy (non-hydrogen) atoms. The summed E-state index contributed by atoms with van der Waals surface area (Å²) in [5.41, 5.74) is 6.40. The maximum absolute atomic E-state index is 5.44. The molecule has 4 heteroatoms. The Bertz CT molecular complexity index is 958. The number of fused-ring (bicyclic) bond motifs is 3. The predicted octanol–water partition coefficient (Wildman–Crippen LogP) is 6.04. The lowest BCUT2D eigenvalue weighted by atomic mass is 9.80. The molecule has 0 saturated heterocycles. The molecule has 0 spiro atoms. The minimum atomic E-state index is 0.480. The Kier molecular flexibility index (Phi) is 4.22. The van der Waals surface area contributed by atoms with Gasteiger partial charge in [-0.3, -0.25) is 0 Å². The van der Waals surface area contributed by atoms with Crippen molar-refractivity contribution in [3.05, 3.63) is 59.2 Å². The number of nitrogens with zero attached hydrogens (tertiary/aromatic N) is 1. The van der Waals surface area contributed by atoms with Crippen LogP contribution in [-0.4, -0.2) is 12.1 Å². The zero-order chi connectivity index (χ0) is 17.4. The van der Waals surface area contributed by atoms with E-state index in [9.17, 15) is 0 Å². The van der Waals surface area contributed by atoms with Gasteiger partial charge in [-0.1, -0.05) is 48.1 Å². The van der Waals surface area contributed by atoms with Crippen LogP contribution in [0, 0.1) is 0 Å². The van der Waals surface area contributed by atoms with Crippen LogP contribution in [0.25, 0.3) is 10.2 Å². The molecule has 2 aromatic carbocycles. The maximum Gasteiger partial charge on any atom is 0.188 e. The Morgan fingerprint density at radius 2 is 2.08 bits per heavy atom. The van der Waals surface area contributed by atoms with Gasteiger partial charge in [-0.15, -0.1) is 0 Å². The average molecular weight is 350 g/mol. The second kappa shape index (κ2) is 6.52. The minimum absolute atomic E-state index is 0.480. The van der Waals surface area contributed by atoms with E-state index in [0.29, 0.717) is 5.92 Å². The number of benzene rings is 2. The van der Waals surface area contributed by atoms with Gasteiger partial charge in [0, 0.05) is 5.92 Å². The van der Waals surface area contributed by atoms with Crippen molar-refractivity contribution in [2.24, 2.45) is 0 Å². The Morgan fingerprint density at radius 3 is 2.88 bits per heavy atom. The Labute approximate surface area is 152 Å². The number of methoxy groups -OCH3 is 1. The van der Waals surface area contributed by atoms with E-state index in [2.05, 4.69) is 37.4 Å². The van der Waals surface area contributed by atoms with Crippen molar-refractivity contribution < 1.29 is 4.74 Å². The number of para-hydroxylation sites is 2. The van der Waals surface area contributed by atoms with Crippen molar-refractivity contribution >= 4 is 32.4 Å². The van der Waals surface area contributed by atoms with Crippen LogP contribution in [0.3, 0.4) is 0 Å². The molecule has 3 nitrogen and oxygen atoms in total. The molecule has 0 bridgehead atoms. The van der Waals surface area contributed by atoms with Crippen molar-refractivity contribution in [3.8, 4) is 5.75 Å². The van der Waals surface area contributed by atoms with Crippen molar-refractivity contribution in [2.45, 2.75) is 32.6 Å². The van der Waals surface area contributed by atoms with Crippen LogP contribution in [-0.2, 0) is 6.42 Å². The molecule has 1 N–H and O–H groups in total. The van der Waals surface area contributed by atoms with E-state index in [1.54, 1.807) is 18.4 Å². The van der Waals surface area contributed by atoms with Crippen LogP contribution in [0.15, 0.2) is 48.0 Å². The summed E-state index contributed by atoms with van der Waals surface area (Å²) >= 11 is 1.70. The molecule has 3 aromatic rings. The number of hydrogen-bond donors (Lipinski definition) is 1. The minimum Gasteiger partial charge on any atom is -0.495 e. The van der Waals surface area contributed by atoms with Gasteiger partial charge in [0.15, 0.2) is 5.13 Å². The molecule has 4 rings (SSSR count). The summed E-state index contributed by atoms with van der Waals surface area (Å²) < 4.78 is 6.68. The third-order valence-corrected chi connectivity index (χ3v) is 5.93. The molecule has 0 aliphatic heterocycles. The molecule has 1 aromatic heterocycles. The monoisotopic (exact) mass is 350 g/mol. The summed E-state index contributed by atoms with van der Waals surface area (Å²) in [6.07, 6.45) is 4.49. The molecule has 128 valence electrons. The summed E-state index contributed by atoms with van der Waals surface area (Å²) in [4.78, 5) is 4.95. The first kappa shape index (κ1) is 16.2. The lowest BCUT2D eigenvalue weighted by Gasteiger charge is -2.24. The van der Waals surface area contributed by atoms with Gasteiger partial charge in [-0.2, -0.15) is 0 Å². The smallest absolute Gasteiger partial charge is 0.188 e. The van der Waals surface area contributed by atoms with Crippen molar-refractivity contribution in [1.82, 2.24) is 4.98 Å². The molecule has 1 atom stereocenters. The summed E-state index contributed by atoms with van der Waals surface area (Å²) in [7, 11) is 1.69. The standard InChI is InChI=1S/C21H22N2OS/c1-4-15-13(2)9-10-14-11-12-18-20(19(14)15)23-21(25-18)22-16-7-5-6-8-17(16)24-3/h5-9,11-12,15H,4,10H2,1-3H3,(H,22,23). The number of aromatic nitrogens is 1. The van der Waals surface area contributed by atoms with Gasteiger partial charge < -0.3 is 10.1 Å². The highest BCUT2D eigenvalue weighted by atomic mass is 32.1. The molecular formula is C21H22N2OS. The van der Waals surface area contributed by atoms with Crippen LogP contribution in [0.1, 0.15) is 37.3 Å². The molecule has 1 aliphatic carbocycles. The van der Waals surface area contributed by atoms with Crippen molar-refractivity contribution in [1.29, 1.82) is 0 Å². The molecule has 1 unspecified atom stereocenters. The Hall–Kier alpha value is -2.33. The largest absolute Gasteiger partial charge is 0.495 e. The van der Waals surface area contributed by atoms with E-state index in [4.69, 9.17) is 9.72 Å². The number of ether oxygens (including phenoxy) is 1. The first-order chi connectivity index (χ1) is 12.2. The fraction of sp³-hybridized carbons (Fsp3) is 0.286. The number of anilines is 2. The third kappa shape index (κ3) is 2.81. The van der Waals surface area contributed by atoms with Crippen LogP contribution in [0.4, 0.5) is 10.8 Å². The number of rotatable bonds is 4. The van der Waals surface area contributed by atoms with E-state index in [1.165, 1.54) is 21.4 Å². The molecule has 0 radical (unpaired) electrons. The number of thiazole rings is 1. The van der Waals surface area contributed by atoms with Gasteiger partial charge in [-0.05, 0) is 49.1 Å². The molecule has 0 amide bonds. The van der Waals surface area contributed by atoms with E-state index in [-0.39, 0.29) is 0 Å². The van der Waals surface area contributed by atoms with E-state index >= 15 is 0 Å². The lowest BCUT2D eigenvalue weighted by Crippen LogP contribution is -2.09. The summed E-state index contributed by atoms with van der Waals surface area (Å²) in [6, 6.07) is 12.4. The van der Waals surface area contributed by atoms with Crippen LogP contribution >= 0.6 is 11.3 Å². The third-order valence-electron chi connectivity index (χ3n) is 4.99. The first-order valence-corrected chi connectivity index (χ1v) is 9.52. The molecule has 0 fully saturated rings. The topological polar surface area (TPSA) is 34.1 Å². The summed E-state index contributed by atoms with van der Waals surface area (Å²) in [5.74, 6) is 1.31. The highest BCUT2D eigenvalue weighted by molar-refractivity contribution is 7.22. The fourth-order valence-electron chi connectivity index (χ4n) is 3.71. The van der Waals surface area contributed by atoms with Crippen molar-refractivity contribution in [2.75, 3.05) is 12.4 Å². The highest BCUT2D eigenvalue weighted by Crippen LogP contribution is 2.42. The van der Waals surface area contributed by atoms with E-state index in [0.717, 1.165) is 34.9 Å². The maximum atomic E-state index is 5.44. The fourth-order valence-corrected chi connectivity index (χ4v) is 4.60. The zero-order valence-electron chi connectivity index (χ0n) is 14.8. The summed E-state index contributed by atoms with van der Waals surface area (Å²) in [5, 5.41) is 4.34. The number of hydrogen-bond acceptors (Lipinski definition) is 4. The van der Waals surface area contributed by atoms with Gasteiger partial charge in [0.2, 0.25) is 0 Å². The summed E-state index contributed by atoms with van der Waals surface area (Å²) in [6.45, 7) is 4.51. The van der Waals surface area contributed by atoms with Gasteiger partial charge >= 0.3 is 0 Å². The average Bonchev–Trinajstić information content (AvgIpc) is 3.05. The van der Waals surface area contributed by atoms with Gasteiger partial charge in [0.1, 0.15) is 5.75 Å². The van der Waals surface area contributed by atoms with Gasteiger partial charge in [0.25, 0.3) is 0 Å². The van der Waals surface area contributed by atoms with Crippen LogP contribution < -0.4 is 10.1 Å². The predicted molar refractivity (Wildman–Crippen MR) is 106 cm³/mol. The lowest BCUT2D eigenvalue weighted by molar-refractivity contribution is 0.417. The first-order valence-electron chi connectivity index (χ1n) is 8.70. The second-order valence-corrected chi connectivity index (χ2v) is 7.47. The normalized spacial score (nSPS) is 16.4. The van der Waals surface area contributed by atoms with E-state index in [1.807, 2.05) is 24.3 Å². The Morgan fingerprint density at radius 1 is 1.24 bits per heavy atom.